The van der Waals surface area contributed by atoms with E-state index < -0.39 is 0 Å². The highest BCUT2D eigenvalue weighted by Gasteiger charge is 2.54. The number of ether oxygens (including phenoxy) is 3. The molecule has 0 heterocycles. The van der Waals surface area contributed by atoms with Gasteiger partial charge in [0.1, 0.15) is 0 Å². The van der Waals surface area contributed by atoms with Gasteiger partial charge in [0.25, 0.3) is 5.91 Å². The molecule has 0 spiro atoms. The second kappa shape index (κ2) is 7.49. The minimum Gasteiger partial charge on any atom is -0.493 e. The van der Waals surface area contributed by atoms with Crippen molar-refractivity contribution in [3.8, 4) is 17.2 Å². The molecule has 0 aliphatic heterocycles. The molecule has 28 heavy (non-hydrogen) atoms. The van der Waals surface area contributed by atoms with Gasteiger partial charge in [-0.25, -0.2) is 0 Å². The normalized spacial score (nSPS) is 31.4. The van der Waals surface area contributed by atoms with Crippen LogP contribution in [0.4, 0.5) is 0 Å². The van der Waals surface area contributed by atoms with E-state index in [-0.39, 0.29) is 11.9 Å². The van der Waals surface area contributed by atoms with Crippen molar-refractivity contribution in [1.29, 1.82) is 0 Å². The standard InChI is InChI=1S/C23H33NO4/c1-5-20(23-11-14-6-15(12-23)8-16(7-14)13-23)24-22(25)17-9-18(26-2)21(28-4)19(10-17)27-3/h9-10,14-16,20H,5-8,11-13H2,1-4H3,(H,24,25)/t14?,15?,16?,20-,23?/m1/s1. The summed E-state index contributed by atoms with van der Waals surface area (Å²) in [6, 6.07) is 3.71. The van der Waals surface area contributed by atoms with Gasteiger partial charge in [0.05, 0.1) is 21.3 Å². The van der Waals surface area contributed by atoms with Crippen molar-refractivity contribution in [1.82, 2.24) is 5.32 Å². The van der Waals surface area contributed by atoms with Gasteiger partial charge < -0.3 is 19.5 Å². The summed E-state index contributed by atoms with van der Waals surface area (Å²) in [5.74, 6) is 4.09. The molecular formula is C23H33NO4. The number of amides is 1. The van der Waals surface area contributed by atoms with E-state index in [0.29, 0.717) is 28.2 Å². The number of nitrogens with one attached hydrogen (secondary N) is 1. The number of methoxy groups -OCH3 is 3. The second-order valence-corrected chi connectivity index (χ2v) is 9.13. The molecule has 0 saturated heterocycles. The molecule has 1 aromatic rings. The Kier molecular flexibility index (Phi) is 5.19. The van der Waals surface area contributed by atoms with Crippen LogP contribution in [-0.4, -0.2) is 33.3 Å². The molecule has 5 heteroatoms. The Morgan fingerprint density at radius 1 is 1.00 bits per heavy atom. The Morgan fingerprint density at radius 2 is 1.50 bits per heavy atom. The highest BCUT2D eigenvalue weighted by Crippen LogP contribution is 2.61. The van der Waals surface area contributed by atoms with E-state index in [2.05, 4.69) is 12.2 Å². The second-order valence-electron chi connectivity index (χ2n) is 9.13. The number of rotatable bonds is 7. The topological polar surface area (TPSA) is 56.8 Å². The summed E-state index contributed by atoms with van der Waals surface area (Å²) < 4.78 is 16.2. The lowest BCUT2D eigenvalue weighted by atomic mass is 9.47. The van der Waals surface area contributed by atoms with Crippen LogP contribution in [0.15, 0.2) is 12.1 Å². The van der Waals surface area contributed by atoms with Gasteiger partial charge in [0.15, 0.2) is 11.5 Å². The molecule has 4 aliphatic carbocycles. The number of carbonyl (C=O) groups excluding carboxylic acids is 1. The van der Waals surface area contributed by atoms with E-state index >= 15 is 0 Å². The van der Waals surface area contributed by atoms with Crippen LogP contribution in [0.5, 0.6) is 17.2 Å². The maximum Gasteiger partial charge on any atom is 0.251 e. The van der Waals surface area contributed by atoms with E-state index in [1.54, 1.807) is 33.5 Å². The minimum atomic E-state index is -0.0538. The summed E-state index contributed by atoms with van der Waals surface area (Å²) in [7, 11) is 4.72. The van der Waals surface area contributed by atoms with Crippen LogP contribution in [0.3, 0.4) is 0 Å². The Hall–Kier alpha value is -1.91. The molecule has 5 nitrogen and oxygen atoms in total. The van der Waals surface area contributed by atoms with Gasteiger partial charge in [0, 0.05) is 11.6 Å². The van der Waals surface area contributed by atoms with Gasteiger partial charge in [-0.15, -0.1) is 0 Å². The summed E-state index contributed by atoms with van der Waals surface area (Å²) in [5, 5.41) is 3.39. The quantitative estimate of drug-likeness (QED) is 0.752. The Labute approximate surface area is 168 Å². The van der Waals surface area contributed by atoms with Gasteiger partial charge in [-0.1, -0.05) is 6.92 Å². The molecule has 1 N–H and O–H groups in total. The smallest absolute Gasteiger partial charge is 0.251 e. The summed E-state index contributed by atoms with van der Waals surface area (Å²) in [5.41, 5.74) is 0.845. The highest BCUT2D eigenvalue weighted by molar-refractivity contribution is 5.95. The van der Waals surface area contributed by atoms with Gasteiger partial charge >= 0.3 is 0 Å². The fourth-order valence-corrected chi connectivity index (χ4v) is 6.75. The first-order chi connectivity index (χ1) is 13.5. The highest BCUT2D eigenvalue weighted by atomic mass is 16.5. The molecule has 5 rings (SSSR count). The monoisotopic (exact) mass is 387 g/mol. The number of hydrogen-bond donors (Lipinski definition) is 1. The van der Waals surface area contributed by atoms with Crippen molar-refractivity contribution in [2.24, 2.45) is 23.2 Å². The van der Waals surface area contributed by atoms with E-state index in [1.807, 2.05) is 0 Å². The number of carbonyl (C=O) groups is 1. The average molecular weight is 388 g/mol. The van der Waals surface area contributed by atoms with Crippen molar-refractivity contribution >= 4 is 5.91 Å². The first-order valence-electron chi connectivity index (χ1n) is 10.6. The summed E-state index contributed by atoms with van der Waals surface area (Å²) in [6.07, 6.45) is 9.07. The van der Waals surface area contributed by atoms with Gasteiger partial charge in [0.2, 0.25) is 5.75 Å². The van der Waals surface area contributed by atoms with Gasteiger partial charge in [-0.2, -0.15) is 0 Å². The first-order valence-corrected chi connectivity index (χ1v) is 10.6. The fraction of sp³-hybridized carbons (Fsp3) is 0.696. The largest absolute Gasteiger partial charge is 0.493 e. The molecule has 0 aromatic heterocycles. The van der Waals surface area contributed by atoms with E-state index in [9.17, 15) is 4.79 Å². The van der Waals surface area contributed by atoms with E-state index in [1.165, 1.54) is 38.5 Å². The Balaban J connectivity index is 1.57. The predicted molar refractivity (Wildman–Crippen MR) is 108 cm³/mol. The Morgan fingerprint density at radius 3 is 1.89 bits per heavy atom. The molecule has 4 aliphatic rings. The van der Waals surface area contributed by atoms with Crippen molar-refractivity contribution < 1.29 is 19.0 Å². The van der Waals surface area contributed by atoms with Gasteiger partial charge in [-0.05, 0) is 80.2 Å². The molecule has 1 amide bonds. The summed E-state index contributed by atoms with van der Waals surface area (Å²) in [6.45, 7) is 2.21. The van der Waals surface area contributed by atoms with Gasteiger partial charge in [-0.3, -0.25) is 4.79 Å². The Bertz CT molecular complexity index is 684. The van der Waals surface area contributed by atoms with Crippen molar-refractivity contribution in [2.75, 3.05) is 21.3 Å². The predicted octanol–water partition coefficient (Wildman–Crippen LogP) is 4.44. The zero-order chi connectivity index (χ0) is 19.9. The first kappa shape index (κ1) is 19.4. The van der Waals surface area contributed by atoms with E-state index in [0.717, 1.165) is 24.2 Å². The minimum absolute atomic E-state index is 0.0538. The maximum atomic E-state index is 13.2. The van der Waals surface area contributed by atoms with Crippen LogP contribution in [-0.2, 0) is 0 Å². The van der Waals surface area contributed by atoms with Crippen molar-refractivity contribution in [2.45, 2.75) is 57.9 Å². The molecule has 4 saturated carbocycles. The van der Waals surface area contributed by atoms with Crippen LogP contribution >= 0.6 is 0 Å². The average Bonchev–Trinajstić information content (AvgIpc) is 2.69. The molecule has 0 radical (unpaired) electrons. The van der Waals surface area contributed by atoms with Crippen LogP contribution in [0.2, 0.25) is 0 Å². The summed E-state index contributed by atoms with van der Waals surface area (Å²) in [4.78, 5) is 13.2. The van der Waals surface area contributed by atoms with Crippen molar-refractivity contribution in [3.63, 3.8) is 0 Å². The van der Waals surface area contributed by atoms with Crippen LogP contribution in [0, 0.1) is 23.2 Å². The van der Waals surface area contributed by atoms with Crippen LogP contribution in [0.25, 0.3) is 0 Å². The lowest BCUT2D eigenvalue weighted by Gasteiger charge is -2.59. The molecular weight excluding hydrogens is 354 g/mol. The zero-order valence-electron chi connectivity index (χ0n) is 17.5. The summed E-state index contributed by atoms with van der Waals surface area (Å²) >= 11 is 0. The molecule has 154 valence electrons. The van der Waals surface area contributed by atoms with Crippen molar-refractivity contribution in [3.05, 3.63) is 17.7 Å². The number of hydrogen-bond acceptors (Lipinski definition) is 4. The molecule has 1 atom stereocenters. The lowest BCUT2D eigenvalue weighted by Crippen LogP contribution is -2.56. The van der Waals surface area contributed by atoms with Crippen LogP contribution < -0.4 is 19.5 Å². The van der Waals surface area contributed by atoms with E-state index in [4.69, 9.17) is 14.2 Å². The third-order valence-electron chi connectivity index (χ3n) is 7.47. The number of benzene rings is 1. The fourth-order valence-electron chi connectivity index (χ4n) is 6.75. The maximum absolute atomic E-state index is 13.2. The molecule has 4 bridgehead atoms. The van der Waals surface area contributed by atoms with Crippen LogP contribution in [0.1, 0.15) is 62.2 Å². The molecule has 4 fully saturated rings. The lowest BCUT2D eigenvalue weighted by molar-refractivity contribution is -0.0727. The third kappa shape index (κ3) is 3.23. The zero-order valence-corrected chi connectivity index (χ0v) is 17.5. The molecule has 1 aromatic carbocycles. The third-order valence-corrected chi connectivity index (χ3v) is 7.47. The SMILES string of the molecule is CC[C@@H](NC(=O)c1cc(OC)c(OC)c(OC)c1)C12CC3CC(CC(C3)C1)C2. The molecule has 0 unspecified atom stereocenters.